The van der Waals surface area contributed by atoms with Crippen LogP contribution in [0.25, 0.3) is 0 Å². The fraction of sp³-hybridized carbons (Fsp3) is 0.600. The molecule has 0 saturated heterocycles. The van der Waals surface area contributed by atoms with Gasteiger partial charge in [0.15, 0.2) is 0 Å². The second-order valence-electron chi connectivity index (χ2n) is 4.20. The lowest BCUT2D eigenvalue weighted by Crippen LogP contribution is -2.53. The molecule has 0 spiro atoms. The van der Waals surface area contributed by atoms with E-state index in [1.54, 1.807) is 13.8 Å². The first kappa shape index (κ1) is 16.7. The van der Waals surface area contributed by atoms with E-state index in [-0.39, 0.29) is 12.6 Å². The van der Waals surface area contributed by atoms with Gasteiger partial charge in [-0.05, 0) is 13.8 Å². The van der Waals surface area contributed by atoms with Crippen molar-refractivity contribution in [2.75, 3.05) is 6.54 Å². The highest BCUT2D eigenvalue weighted by molar-refractivity contribution is 5.89. The quantitative estimate of drug-likeness (QED) is 0.431. The van der Waals surface area contributed by atoms with Crippen LogP contribution >= 0.6 is 0 Å². The molecule has 0 fully saturated rings. The van der Waals surface area contributed by atoms with Gasteiger partial charge in [0.2, 0.25) is 11.8 Å². The summed E-state index contributed by atoms with van der Waals surface area (Å²) in [5.74, 6) is -2.99. The number of primary amides is 2. The van der Waals surface area contributed by atoms with Crippen LogP contribution in [0.15, 0.2) is 0 Å². The van der Waals surface area contributed by atoms with Gasteiger partial charge in [0.25, 0.3) is 0 Å². The van der Waals surface area contributed by atoms with E-state index >= 15 is 0 Å². The first-order valence-electron chi connectivity index (χ1n) is 5.51. The molecule has 4 amide bonds. The van der Waals surface area contributed by atoms with Crippen LogP contribution in [0.1, 0.15) is 20.3 Å². The third-order valence-electron chi connectivity index (χ3n) is 2.21. The van der Waals surface area contributed by atoms with Gasteiger partial charge >= 0.3 is 12.0 Å². The molecule has 9 nitrogen and oxygen atoms in total. The summed E-state index contributed by atoms with van der Waals surface area (Å²) in [5.41, 5.74) is 9.87. The summed E-state index contributed by atoms with van der Waals surface area (Å²) in [6.45, 7) is 2.91. The number of carboxylic acid groups (broad SMARTS) is 1. The average molecular weight is 274 g/mol. The number of hydrogen-bond acceptors (Lipinski definition) is 4. The maximum atomic E-state index is 11.8. The molecule has 9 heteroatoms. The number of nitrogens with two attached hydrogens (primary N) is 2. The van der Waals surface area contributed by atoms with E-state index in [9.17, 15) is 19.2 Å². The molecule has 6 N–H and O–H groups in total. The summed E-state index contributed by atoms with van der Waals surface area (Å²) in [6.07, 6.45) is -0.538. The summed E-state index contributed by atoms with van der Waals surface area (Å²) < 4.78 is 0. The Bertz CT molecular complexity index is 382. The molecule has 108 valence electrons. The van der Waals surface area contributed by atoms with Crippen LogP contribution in [0.2, 0.25) is 0 Å². The topological polar surface area (TPSA) is 156 Å². The number of nitrogens with zero attached hydrogens (tertiary/aromatic N) is 1. The maximum absolute atomic E-state index is 11.8. The minimum atomic E-state index is -1.45. The molecule has 19 heavy (non-hydrogen) atoms. The number of urea groups is 1. The lowest BCUT2D eigenvalue weighted by atomic mass is 10.2. The number of rotatable bonds is 7. The number of aliphatic carboxylic acids is 1. The molecule has 0 rings (SSSR count). The number of carbonyl (C=O) groups excluding carboxylic acids is 3. The molecule has 0 aliphatic rings. The van der Waals surface area contributed by atoms with Crippen molar-refractivity contribution in [1.29, 1.82) is 0 Å². The molecule has 0 unspecified atom stereocenters. The number of carbonyl (C=O) groups is 4. The molecule has 0 aromatic rings. The minimum absolute atomic E-state index is 0.355. The first-order chi connectivity index (χ1) is 8.65. The Morgan fingerprint density at radius 2 is 1.68 bits per heavy atom. The van der Waals surface area contributed by atoms with Gasteiger partial charge in [0.1, 0.15) is 12.6 Å². The van der Waals surface area contributed by atoms with Crippen LogP contribution in [-0.2, 0) is 14.4 Å². The fourth-order valence-corrected chi connectivity index (χ4v) is 1.29. The van der Waals surface area contributed by atoms with Crippen molar-refractivity contribution >= 4 is 23.8 Å². The Morgan fingerprint density at radius 3 is 2.00 bits per heavy atom. The van der Waals surface area contributed by atoms with Crippen LogP contribution in [0.4, 0.5) is 4.79 Å². The molecule has 0 bridgehead atoms. The van der Waals surface area contributed by atoms with Crippen LogP contribution in [-0.4, -0.2) is 52.4 Å². The second-order valence-corrected chi connectivity index (χ2v) is 4.20. The van der Waals surface area contributed by atoms with Gasteiger partial charge in [-0.2, -0.15) is 0 Å². The van der Waals surface area contributed by atoms with Gasteiger partial charge in [-0.15, -0.1) is 0 Å². The van der Waals surface area contributed by atoms with Crippen molar-refractivity contribution in [2.45, 2.75) is 32.4 Å². The molecular weight excluding hydrogens is 256 g/mol. The highest BCUT2D eigenvalue weighted by atomic mass is 16.4. The Labute approximate surface area is 109 Å². The van der Waals surface area contributed by atoms with Crippen molar-refractivity contribution in [3.8, 4) is 0 Å². The van der Waals surface area contributed by atoms with Gasteiger partial charge in [-0.1, -0.05) is 0 Å². The van der Waals surface area contributed by atoms with Gasteiger partial charge < -0.3 is 26.8 Å². The number of hydrogen-bond donors (Lipinski definition) is 4. The van der Waals surface area contributed by atoms with Crippen LogP contribution in [0.3, 0.4) is 0 Å². The molecular formula is C10H18N4O5. The standard InChI is InChI=1S/C10H18N4O5/c1-5(2)14(4-8(12)16)10(19)13-6(9(17)18)3-7(11)15/h5-6H,3-4H2,1-2H3,(H2,11,15)(H2,12,16)(H,13,19)(H,17,18)/t6-/m1/s1. The van der Waals surface area contributed by atoms with E-state index in [0.29, 0.717) is 0 Å². The van der Waals surface area contributed by atoms with E-state index in [2.05, 4.69) is 5.32 Å². The van der Waals surface area contributed by atoms with E-state index in [4.69, 9.17) is 16.6 Å². The highest BCUT2D eigenvalue weighted by Gasteiger charge is 2.26. The van der Waals surface area contributed by atoms with Gasteiger partial charge in [0.05, 0.1) is 6.42 Å². The minimum Gasteiger partial charge on any atom is -0.480 e. The predicted octanol–water partition coefficient (Wildman–Crippen LogP) is -1.78. The van der Waals surface area contributed by atoms with Crippen LogP contribution in [0, 0.1) is 0 Å². The third-order valence-corrected chi connectivity index (χ3v) is 2.21. The molecule has 0 heterocycles. The van der Waals surface area contributed by atoms with E-state index in [1.807, 2.05) is 0 Å². The van der Waals surface area contributed by atoms with E-state index in [1.165, 1.54) is 0 Å². The largest absolute Gasteiger partial charge is 0.480 e. The molecule has 0 aliphatic heterocycles. The third kappa shape index (κ3) is 6.24. The maximum Gasteiger partial charge on any atom is 0.326 e. The van der Waals surface area contributed by atoms with Crippen molar-refractivity contribution in [2.24, 2.45) is 11.5 Å². The molecule has 0 radical (unpaired) electrons. The summed E-state index contributed by atoms with van der Waals surface area (Å²) >= 11 is 0. The SMILES string of the molecule is CC(C)N(CC(N)=O)C(=O)N[C@H](CC(N)=O)C(=O)O. The monoisotopic (exact) mass is 274 g/mol. The zero-order chi connectivity index (χ0) is 15.2. The zero-order valence-electron chi connectivity index (χ0n) is 10.8. The van der Waals surface area contributed by atoms with Gasteiger partial charge in [-0.3, -0.25) is 9.59 Å². The number of carboxylic acids is 1. The fourth-order valence-electron chi connectivity index (χ4n) is 1.29. The molecule has 1 atom stereocenters. The van der Waals surface area contributed by atoms with Gasteiger partial charge in [-0.25, -0.2) is 9.59 Å². The normalized spacial score (nSPS) is 11.7. The first-order valence-corrected chi connectivity index (χ1v) is 5.51. The second kappa shape index (κ2) is 7.19. The Hall–Kier alpha value is -2.32. The van der Waals surface area contributed by atoms with Crippen molar-refractivity contribution in [3.05, 3.63) is 0 Å². The van der Waals surface area contributed by atoms with E-state index < -0.39 is 36.3 Å². The Balaban J connectivity index is 4.80. The lowest BCUT2D eigenvalue weighted by Gasteiger charge is -2.27. The summed E-state index contributed by atoms with van der Waals surface area (Å²) in [5, 5.41) is 11.0. The zero-order valence-corrected chi connectivity index (χ0v) is 10.8. The average Bonchev–Trinajstić information content (AvgIpc) is 2.23. The van der Waals surface area contributed by atoms with Crippen molar-refractivity contribution < 1.29 is 24.3 Å². The lowest BCUT2D eigenvalue weighted by molar-refractivity contribution is -0.141. The predicted molar refractivity (Wildman–Crippen MR) is 64.8 cm³/mol. The summed E-state index contributed by atoms with van der Waals surface area (Å²) in [6, 6.07) is -2.61. The van der Waals surface area contributed by atoms with Crippen molar-refractivity contribution in [1.82, 2.24) is 10.2 Å². The smallest absolute Gasteiger partial charge is 0.326 e. The molecule has 0 aromatic carbocycles. The van der Waals surface area contributed by atoms with Crippen molar-refractivity contribution in [3.63, 3.8) is 0 Å². The summed E-state index contributed by atoms with van der Waals surface area (Å²) in [7, 11) is 0. The number of amides is 4. The highest BCUT2D eigenvalue weighted by Crippen LogP contribution is 2.01. The summed E-state index contributed by atoms with van der Waals surface area (Å²) in [4.78, 5) is 45.2. The van der Waals surface area contributed by atoms with Crippen LogP contribution < -0.4 is 16.8 Å². The molecule has 0 aromatic heterocycles. The Morgan fingerprint density at radius 1 is 1.16 bits per heavy atom. The van der Waals surface area contributed by atoms with E-state index in [0.717, 1.165) is 4.90 Å². The molecule has 0 aliphatic carbocycles. The van der Waals surface area contributed by atoms with Crippen LogP contribution in [0.5, 0.6) is 0 Å². The number of nitrogens with one attached hydrogen (secondary N) is 1. The van der Waals surface area contributed by atoms with Gasteiger partial charge in [0, 0.05) is 6.04 Å². The molecule has 0 saturated carbocycles. The Kier molecular flexibility index (Phi) is 6.31.